The molecule has 0 radical (unpaired) electrons. The van der Waals surface area contributed by atoms with Crippen molar-refractivity contribution in [3.05, 3.63) is 29.0 Å². The van der Waals surface area contributed by atoms with E-state index < -0.39 is 17.8 Å². The standard InChI is InChI=1S/C14H16ClFN2O3/c1-2-18-5-6-21-14(20)12(18)8-13(19)17-9-3-4-11(16)10(15)7-9/h3-4,7,12H,2,5-6,8H2,1H3,(H,17,19)/t12-/m0/s1. The molecule has 5 nitrogen and oxygen atoms in total. The van der Waals surface area contributed by atoms with Crippen LogP contribution in [0, 0.1) is 5.82 Å². The average Bonchev–Trinajstić information content (AvgIpc) is 2.45. The van der Waals surface area contributed by atoms with Crippen LogP contribution in [-0.4, -0.2) is 42.5 Å². The third-order valence-electron chi connectivity index (χ3n) is 3.32. The van der Waals surface area contributed by atoms with Gasteiger partial charge in [0.15, 0.2) is 0 Å². The van der Waals surface area contributed by atoms with Gasteiger partial charge >= 0.3 is 5.97 Å². The molecule has 0 aromatic heterocycles. The van der Waals surface area contributed by atoms with Crippen LogP contribution in [-0.2, 0) is 14.3 Å². The number of halogens is 2. The minimum absolute atomic E-state index is 0.0122. The van der Waals surface area contributed by atoms with E-state index in [1.54, 1.807) is 0 Å². The van der Waals surface area contributed by atoms with Crippen molar-refractivity contribution >= 4 is 29.2 Å². The lowest BCUT2D eigenvalue weighted by Gasteiger charge is -2.32. The van der Waals surface area contributed by atoms with Crippen molar-refractivity contribution in [1.82, 2.24) is 4.90 Å². The molecule has 1 saturated heterocycles. The van der Waals surface area contributed by atoms with E-state index in [9.17, 15) is 14.0 Å². The van der Waals surface area contributed by atoms with E-state index in [2.05, 4.69) is 5.32 Å². The molecule has 0 unspecified atom stereocenters. The smallest absolute Gasteiger partial charge is 0.323 e. The highest BCUT2D eigenvalue weighted by molar-refractivity contribution is 6.31. The number of morpholine rings is 1. The van der Waals surface area contributed by atoms with E-state index in [-0.39, 0.29) is 17.4 Å². The van der Waals surface area contributed by atoms with Crippen molar-refractivity contribution in [2.24, 2.45) is 0 Å². The number of amides is 1. The molecule has 0 bridgehead atoms. The second-order valence-corrected chi connectivity index (χ2v) is 5.10. The second kappa shape index (κ2) is 6.87. The van der Waals surface area contributed by atoms with Gasteiger partial charge in [-0.25, -0.2) is 4.39 Å². The number of esters is 1. The van der Waals surface area contributed by atoms with E-state index in [1.165, 1.54) is 18.2 Å². The van der Waals surface area contributed by atoms with E-state index in [4.69, 9.17) is 16.3 Å². The fourth-order valence-electron chi connectivity index (χ4n) is 2.22. The molecule has 2 rings (SSSR count). The lowest BCUT2D eigenvalue weighted by molar-refractivity contribution is -0.158. The zero-order valence-electron chi connectivity index (χ0n) is 11.6. The first-order chi connectivity index (χ1) is 10.0. The Labute approximate surface area is 127 Å². The van der Waals surface area contributed by atoms with Crippen LogP contribution in [0.15, 0.2) is 18.2 Å². The van der Waals surface area contributed by atoms with Crippen LogP contribution in [0.3, 0.4) is 0 Å². The second-order valence-electron chi connectivity index (χ2n) is 4.69. The molecular formula is C14H16ClFN2O3. The van der Waals surface area contributed by atoms with E-state index >= 15 is 0 Å². The third kappa shape index (κ3) is 3.92. The maximum absolute atomic E-state index is 13.0. The number of rotatable bonds is 4. The molecular weight excluding hydrogens is 299 g/mol. The fourth-order valence-corrected chi connectivity index (χ4v) is 2.40. The summed E-state index contributed by atoms with van der Waals surface area (Å²) in [4.78, 5) is 25.6. The van der Waals surface area contributed by atoms with Crippen molar-refractivity contribution < 1.29 is 18.7 Å². The van der Waals surface area contributed by atoms with E-state index in [1.807, 2.05) is 11.8 Å². The molecule has 114 valence electrons. The SMILES string of the molecule is CCN1CCOC(=O)[C@@H]1CC(=O)Nc1ccc(F)c(Cl)c1. The zero-order valence-corrected chi connectivity index (χ0v) is 12.3. The molecule has 0 saturated carbocycles. The van der Waals surface area contributed by atoms with Crippen molar-refractivity contribution in [2.45, 2.75) is 19.4 Å². The van der Waals surface area contributed by atoms with Gasteiger partial charge in [-0.1, -0.05) is 18.5 Å². The first-order valence-corrected chi connectivity index (χ1v) is 7.04. The summed E-state index contributed by atoms with van der Waals surface area (Å²) in [5.41, 5.74) is 0.388. The van der Waals surface area contributed by atoms with Crippen molar-refractivity contribution in [3.63, 3.8) is 0 Å². The first kappa shape index (κ1) is 15.7. The monoisotopic (exact) mass is 314 g/mol. The highest BCUT2D eigenvalue weighted by atomic mass is 35.5. The van der Waals surface area contributed by atoms with Gasteiger partial charge in [0.2, 0.25) is 5.91 Å². The Bertz CT molecular complexity index is 553. The molecule has 1 heterocycles. The summed E-state index contributed by atoms with van der Waals surface area (Å²) in [6, 6.07) is 3.33. The molecule has 1 amide bonds. The van der Waals surface area contributed by atoms with Gasteiger partial charge in [-0.2, -0.15) is 0 Å². The Morgan fingerprint density at radius 3 is 3.00 bits per heavy atom. The van der Waals surface area contributed by atoms with Crippen molar-refractivity contribution in [1.29, 1.82) is 0 Å². The molecule has 1 atom stereocenters. The van der Waals surface area contributed by atoms with Crippen LogP contribution in [0.25, 0.3) is 0 Å². The molecule has 0 spiro atoms. The lowest BCUT2D eigenvalue weighted by Crippen LogP contribution is -2.50. The highest BCUT2D eigenvalue weighted by Gasteiger charge is 2.32. The van der Waals surface area contributed by atoms with E-state index in [0.717, 1.165) is 0 Å². The largest absolute Gasteiger partial charge is 0.463 e. The number of carbonyl (C=O) groups is 2. The highest BCUT2D eigenvalue weighted by Crippen LogP contribution is 2.20. The average molecular weight is 315 g/mol. The molecule has 1 aromatic rings. The van der Waals surface area contributed by atoms with Crippen LogP contribution in [0.2, 0.25) is 5.02 Å². The summed E-state index contributed by atoms with van der Waals surface area (Å²) < 4.78 is 18.0. The van der Waals surface area contributed by atoms with Gasteiger partial charge in [-0.3, -0.25) is 14.5 Å². The number of nitrogens with zero attached hydrogens (tertiary/aromatic N) is 1. The number of hydrogen-bond acceptors (Lipinski definition) is 4. The Hall–Kier alpha value is -1.66. The molecule has 1 aliphatic rings. The summed E-state index contributed by atoms with van der Waals surface area (Å²) in [6.07, 6.45) is -0.0122. The predicted molar refractivity (Wildman–Crippen MR) is 76.7 cm³/mol. The maximum Gasteiger partial charge on any atom is 0.323 e. The number of likely N-dealkylation sites (N-methyl/N-ethyl adjacent to an activating group) is 1. The molecule has 1 aliphatic heterocycles. The van der Waals surface area contributed by atoms with Crippen LogP contribution in [0.4, 0.5) is 10.1 Å². The van der Waals surface area contributed by atoms with Gasteiger partial charge in [0, 0.05) is 12.2 Å². The summed E-state index contributed by atoms with van der Waals surface area (Å²) >= 11 is 5.65. The lowest BCUT2D eigenvalue weighted by atomic mass is 10.1. The molecule has 1 aromatic carbocycles. The number of benzene rings is 1. The summed E-state index contributed by atoms with van der Waals surface area (Å²) in [7, 11) is 0. The van der Waals surface area contributed by atoms with Crippen LogP contribution in [0.5, 0.6) is 0 Å². The molecule has 21 heavy (non-hydrogen) atoms. The number of cyclic esters (lactones) is 1. The quantitative estimate of drug-likeness (QED) is 0.864. The number of nitrogens with one attached hydrogen (secondary N) is 1. The Morgan fingerprint density at radius 1 is 1.57 bits per heavy atom. The number of hydrogen-bond donors (Lipinski definition) is 1. The van der Waals surface area contributed by atoms with Gasteiger partial charge in [0.05, 0.1) is 11.4 Å². The Morgan fingerprint density at radius 2 is 2.33 bits per heavy atom. The first-order valence-electron chi connectivity index (χ1n) is 6.67. The Kier molecular flexibility index (Phi) is 5.14. The van der Waals surface area contributed by atoms with E-state index in [0.29, 0.717) is 25.4 Å². The topological polar surface area (TPSA) is 58.6 Å². The van der Waals surface area contributed by atoms with Crippen LogP contribution in [0.1, 0.15) is 13.3 Å². The Balaban J connectivity index is 1.99. The predicted octanol–water partition coefficient (Wildman–Crippen LogP) is 2.05. The van der Waals surface area contributed by atoms with Crippen LogP contribution < -0.4 is 5.32 Å². The third-order valence-corrected chi connectivity index (χ3v) is 3.61. The molecule has 1 N–H and O–H groups in total. The van der Waals surface area contributed by atoms with Gasteiger partial charge in [-0.15, -0.1) is 0 Å². The summed E-state index contributed by atoms with van der Waals surface area (Å²) in [5.74, 6) is -1.29. The van der Waals surface area contributed by atoms with Gasteiger partial charge in [-0.05, 0) is 24.7 Å². The minimum atomic E-state index is -0.584. The van der Waals surface area contributed by atoms with Gasteiger partial charge in [0.1, 0.15) is 18.5 Å². The number of anilines is 1. The molecule has 0 aliphatic carbocycles. The number of carbonyl (C=O) groups excluding carboxylic acids is 2. The zero-order chi connectivity index (χ0) is 15.4. The number of ether oxygens (including phenoxy) is 1. The van der Waals surface area contributed by atoms with Gasteiger partial charge in [0.25, 0.3) is 0 Å². The summed E-state index contributed by atoms with van der Waals surface area (Å²) in [5, 5.41) is 2.53. The maximum atomic E-state index is 13.0. The normalized spacial score (nSPS) is 19.2. The van der Waals surface area contributed by atoms with Crippen molar-refractivity contribution in [3.8, 4) is 0 Å². The van der Waals surface area contributed by atoms with Crippen molar-refractivity contribution in [2.75, 3.05) is 25.0 Å². The van der Waals surface area contributed by atoms with Gasteiger partial charge < -0.3 is 10.1 Å². The fraction of sp³-hybridized carbons (Fsp3) is 0.429. The summed E-state index contributed by atoms with van der Waals surface area (Å²) in [6.45, 7) is 3.54. The molecule has 7 heteroatoms. The minimum Gasteiger partial charge on any atom is -0.463 e. The molecule has 1 fully saturated rings. The van der Waals surface area contributed by atoms with Crippen LogP contribution >= 0.6 is 11.6 Å².